The number of rotatable bonds is 4. The zero-order chi connectivity index (χ0) is 19.0. The Kier molecular flexibility index (Phi) is 4.28. The van der Waals surface area contributed by atoms with Crippen molar-refractivity contribution in [3.8, 4) is 22.5 Å². The number of non-ortho nitro benzene ring substituents is 1. The van der Waals surface area contributed by atoms with Gasteiger partial charge in [0.1, 0.15) is 5.82 Å². The number of hydrogen-bond donors (Lipinski definition) is 0. The van der Waals surface area contributed by atoms with Crippen LogP contribution < -0.4 is 0 Å². The molecule has 7 nitrogen and oxygen atoms in total. The van der Waals surface area contributed by atoms with Crippen LogP contribution in [0.15, 0.2) is 59.8 Å². The van der Waals surface area contributed by atoms with Crippen molar-refractivity contribution in [3.05, 3.63) is 70.5 Å². The highest BCUT2D eigenvalue weighted by Gasteiger charge is 2.15. The maximum Gasteiger partial charge on any atom is 0.270 e. The highest BCUT2D eigenvalue weighted by atomic mass is 32.2. The van der Waals surface area contributed by atoms with Crippen molar-refractivity contribution in [2.24, 2.45) is 0 Å². The molecule has 4 aromatic rings. The number of nitro benzene ring substituents is 1. The molecule has 0 unspecified atom stereocenters. The van der Waals surface area contributed by atoms with Gasteiger partial charge >= 0.3 is 0 Å². The Hall–Kier alpha value is -3.33. The van der Waals surface area contributed by atoms with E-state index >= 15 is 0 Å². The number of halogens is 1. The Bertz CT molecular complexity index is 1160. The summed E-state index contributed by atoms with van der Waals surface area (Å²) in [6, 6.07) is 14.0. The first kappa shape index (κ1) is 17.1. The Labute approximate surface area is 157 Å². The molecule has 0 saturated carbocycles. The van der Waals surface area contributed by atoms with Crippen molar-refractivity contribution in [2.45, 2.75) is 5.16 Å². The van der Waals surface area contributed by atoms with Crippen molar-refractivity contribution in [3.63, 3.8) is 0 Å². The minimum atomic E-state index is -0.453. The van der Waals surface area contributed by atoms with E-state index in [4.69, 9.17) is 0 Å². The standard InChI is InChI=1S/C18H12FN5O2S/c1-27-18-21-17-20-15(12-3-2-4-14(9-12)24(25)26)10-16(23(17)22-18)11-5-7-13(19)8-6-11/h2-10H,1H3. The summed E-state index contributed by atoms with van der Waals surface area (Å²) in [7, 11) is 0. The summed E-state index contributed by atoms with van der Waals surface area (Å²) in [5.74, 6) is 0.0223. The van der Waals surface area contributed by atoms with Crippen molar-refractivity contribution < 1.29 is 9.31 Å². The quantitative estimate of drug-likeness (QED) is 0.299. The van der Waals surface area contributed by atoms with Crippen LogP contribution in [0.25, 0.3) is 28.3 Å². The average Bonchev–Trinajstić information content (AvgIpc) is 3.11. The lowest BCUT2D eigenvalue weighted by Crippen LogP contribution is -1.99. The number of nitrogens with zero attached hydrogens (tertiary/aromatic N) is 5. The highest BCUT2D eigenvalue weighted by molar-refractivity contribution is 7.98. The second kappa shape index (κ2) is 6.76. The van der Waals surface area contributed by atoms with Crippen molar-refractivity contribution in [2.75, 3.05) is 6.26 Å². The van der Waals surface area contributed by atoms with E-state index in [1.165, 1.54) is 36.0 Å². The summed E-state index contributed by atoms with van der Waals surface area (Å²) in [5, 5.41) is 16.0. The number of thioether (sulfide) groups is 1. The highest BCUT2D eigenvalue weighted by Crippen LogP contribution is 2.28. The number of nitro groups is 1. The van der Waals surface area contributed by atoms with Gasteiger partial charge in [-0.3, -0.25) is 10.1 Å². The van der Waals surface area contributed by atoms with Gasteiger partial charge in [-0.2, -0.15) is 9.50 Å². The molecule has 2 aromatic heterocycles. The molecule has 2 heterocycles. The lowest BCUT2D eigenvalue weighted by atomic mass is 10.1. The van der Waals surface area contributed by atoms with E-state index in [1.807, 2.05) is 6.26 Å². The van der Waals surface area contributed by atoms with Crippen LogP contribution in [-0.4, -0.2) is 30.8 Å². The first-order valence-corrected chi connectivity index (χ1v) is 9.10. The van der Waals surface area contributed by atoms with E-state index in [2.05, 4.69) is 15.1 Å². The van der Waals surface area contributed by atoms with Crippen LogP contribution in [0.4, 0.5) is 10.1 Å². The van der Waals surface area contributed by atoms with Crippen LogP contribution in [0.2, 0.25) is 0 Å². The molecule has 134 valence electrons. The number of fused-ring (bicyclic) bond motifs is 1. The Morgan fingerprint density at radius 1 is 1.07 bits per heavy atom. The van der Waals surface area contributed by atoms with E-state index in [0.717, 1.165) is 5.56 Å². The summed E-state index contributed by atoms with van der Waals surface area (Å²) in [5.41, 5.74) is 2.47. The van der Waals surface area contributed by atoms with Gasteiger partial charge in [0, 0.05) is 23.3 Å². The number of aromatic nitrogens is 4. The fourth-order valence-corrected chi connectivity index (χ4v) is 3.03. The molecule has 4 rings (SSSR count). The molecular weight excluding hydrogens is 369 g/mol. The lowest BCUT2D eigenvalue weighted by molar-refractivity contribution is -0.384. The van der Waals surface area contributed by atoms with Crippen LogP contribution in [0, 0.1) is 15.9 Å². The molecule has 0 atom stereocenters. The van der Waals surface area contributed by atoms with E-state index in [1.54, 1.807) is 34.8 Å². The minimum Gasteiger partial charge on any atom is -0.258 e. The SMILES string of the molecule is CSc1nc2nc(-c3cccc([N+](=O)[O-])c3)cc(-c3ccc(F)cc3)n2n1. The van der Waals surface area contributed by atoms with E-state index in [9.17, 15) is 14.5 Å². The lowest BCUT2D eigenvalue weighted by Gasteiger charge is -2.08. The molecule has 0 spiro atoms. The Balaban J connectivity index is 1.96. The molecule has 0 saturated heterocycles. The molecule has 9 heteroatoms. The van der Waals surface area contributed by atoms with Crippen LogP contribution in [-0.2, 0) is 0 Å². The topological polar surface area (TPSA) is 86.2 Å². The molecule has 0 N–H and O–H groups in total. The normalized spacial score (nSPS) is 11.0. The molecule has 0 amide bonds. The fourth-order valence-electron chi connectivity index (χ4n) is 2.69. The van der Waals surface area contributed by atoms with Crippen molar-refractivity contribution in [1.82, 2.24) is 19.6 Å². The summed E-state index contributed by atoms with van der Waals surface area (Å²) in [6.45, 7) is 0. The molecule has 0 fully saturated rings. The minimum absolute atomic E-state index is 0.0243. The third kappa shape index (κ3) is 3.24. The summed E-state index contributed by atoms with van der Waals surface area (Å²) < 4.78 is 14.9. The molecule has 0 aliphatic heterocycles. The van der Waals surface area contributed by atoms with E-state index < -0.39 is 4.92 Å². The third-order valence-electron chi connectivity index (χ3n) is 3.97. The molecule has 0 bridgehead atoms. The van der Waals surface area contributed by atoms with Crippen molar-refractivity contribution in [1.29, 1.82) is 0 Å². The third-order valence-corrected chi connectivity index (χ3v) is 4.51. The van der Waals surface area contributed by atoms with Crippen LogP contribution in [0.3, 0.4) is 0 Å². The van der Waals surface area contributed by atoms with Gasteiger partial charge in [0.25, 0.3) is 11.5 Å². The van der Waals surface area contributed by atoms with Gasteiger partial charge in [-0.25, -0.2) is 9.37 Å². The zero-order valence-corrected chi connectivity index (χ0v) is 14.9. The number of benzene rings is 2. The van der Waals surface area contributed by atoms with Gasteiger partial charge in [-0.15, -0.1) is 5.10 Å². The van der Waals surface area contributed by atoms with E-state index in [-0.39, 0.29) is 11.5 Å². The molecule has 0 aliphatic rings. The van der Waals surface area contributed by atoms with Gasteiger partial charge in [0.2, 0.25) is 5.16 Å². The zero-order valence-electron chi connectivity index (χ0n) is 14.0. The Morgan fingerprint density at radius 2 is 1.85 bits per heavy atom. The largest absolute Gasteiger partial charge is 0.270 e. The van der Waals surface area contributed by atoms with Gasteiger partial charge in [-0.1, -0.05) is 23.9 Å². The van der Waals surface area contributed by atoms with Gasteiger partial charge < -0.3 is 0 Å². The average molecular weight is 381 g/mol. The maximum absolute atomic E-state index is 13.3. The van der Waals surface area contributed by atoms with Gasteiger partial charge in [0.05, 0.1) is 16.3 Å². The second-order valence-corrected chi connectivity index (χ2v) is 6.42. The summed E-state index contributed by atoms with van der Waals surface area (Å²) in [4.78, 5) is 19.5. The number of hydrogen-bond acceptors (Lipinski definition) is 6. The summed E-state index contributed by atoms with van der Waals surface area (Å²) >= 11 is 1.38. The second-order valence-electron chi connectivity index (χ2n) is 5.65. The summed E-state index contributed by atoms with van der Waals surface area (Å²) in [6.07, 6.45) is 1.85. The first-order chi connectivity index (χ1) is 13.0. The molecule has 0 aliphatic carbocycles. The van der Waals surface area contributed by atoms with Crippen LogP contribution in [0.5, 0.6) is 0 Å². The van der Waals surface area contributed by atoms with Crippen LogP contribution >= 0.6 is 11.8 Å². The van der Waals surface area contributed by atoms with Gasteiger partial charge in [0.15, 0.2) is 0 Å². The fraction of sp³-hybridized carbons (Fsp3) is 0.0556. The smallest absolute Gasteiger partial charge is 0.258 e. The van der Waals surface area contributed by atoms with E-state index in [0.29, 0.717) is 27.9 Å². The molecule has 2 aromatic carbocycles. The first-order valence-electron chi connectivity index (χ1n) is 7.88. The van der Waals surface area contributed by atoms with Gasteiger partial charge in [-0.05, 0) is 36.6 Å². The molecular formula is C18H12FN5O2S. The molecule has 27 heavy (non-hydrogen) atoms. The maximum atomic E-state index is 13.3. The van der Waals surface area contributed by atoms with Crippen LogP contribution in [0.1, 0.15) is 0 Å². The monoisotopic (exact) mass is 381 g/mol. The predicted molar refractivity (Wildman–Crippen MR) is 100 cm³/mol. The predicted octanol–water partition coefficient (Wildman–Crippen LogP) is 4.23. The molecule has 0 radical (unpaired) electrons. The Morgan fingerprint density at radius 3 is 2.56 bits per heavy atom. The van der Waals surface area contributed by atoms with Crippen molar-refractivity contribution >= 4 is 23.2 Å².